The second-order valence-corrected chi connectivity index (χ2v) is 11.2. The highest BCUT2D eigenvalue weighted by Crippen LogP contribution is 2.43. The molecule has 0 saturated heterocycles. The number of hydrogen-bond donors (Lipinski definition) is 0. The van der Waals surface area contributed by atoms with Crippen molar-refractivity contribution in [2.45, 2.75) is 25.7 Å². The van der Waals surface area contributed by atoms with Gasteiger partial charge in [0.25, 0.3) is 11.4 Å². The fraction of sp³-hybridized carbons (Fsp3) is 0.125. The second kappa shape index (κ2) is 10.1. The molecule has 2 unspecified atom stereocenters. The summed E-state index contributed by atoms with van der Waals surface area (Å²) in [6.45, 7) is 2.70. The lowest BCUT2D eigenvalue weighted by Gasteiger charge is -2.23. The zero-order chi connectivity index (χ0) is 30.0. The van der Waals surface area contributed by atoms with Gasteiger partial charge in [-0.05, 0) is 67.6 Å². The maximum atomic E-state index is 12.1. The van der Waals surface area contributed by atoms with E-state index in [0.717, 1.165) is 21.8 Å². The van der Waals surface area contributed by atoms with Crippen LogP contribution in [-0.4, -0.2) is 14.4 Å². The first kappa shape index (κ1) is 27.0. The average Bonchev–Trinajstić information content (AvgIpc) is 3.31. The summed E-state index contributed by atoms with van der Waals surface area (Å²) in [6, 6.07) is 21.3. The zero-order valence-corrected chi connectivity index (χ0v) is 24.0. The first-order chi connectivity index (χ1) is 20.7. The van der Waals surface area contributed by atoms with E-state index in [1.165, 1.54) is 12.2 Å². The van der Waals surface area contributed by atoms with Crippen molar-refractivity contribution in [3.05, 3.63) is 137 Å². The van der Waals surface area contributed by atoms with Gasteiger partial charge in [0, 0.05) is 72.8 Å². The predicted octanol–water partition coefficient (Wildman–Crippen LogP) is 8.62. The molecule has 0 bridgehead atoms. The Morgan fingerprint density at radius 1 is 0.698 bits per heavy atom. The summed E-state index contributed by atoms with van der Waals surface area (Å²) in [5, 5.41) is 26.8. The van der Waals surface area contributed by atoms with Crippen LogP contribution in [0.5, 0.6) is 11.5 Å². The number of rotatable bonds is 5. The lowest BCUT2D eigenvalue weighted by Crippen LogP contribution is -2.19. The average molecular weight is 614 g/mol. The number of halogens is 2. The van der Waals surface area contributed by atoms with Crippen LogP contribution < -0.4 is 9.47 Å². The van der Waals surface area contributed by atoms with Gasteiger partial charge in [-0.2, -0.15) is 0 Å². The first-order valence-corrected chi connectivity index (χ1v) is 14.2. The van der Waals surface area contributed by atoms with Crippen LogP contribution in [0.2, 0.25) is 10.0 Å². The number of aryl methyl sites for hydroxylation is 1. The van der Waals surface area contributed by atoms with Crippen molar-refractivity contribution in [1.29, 1.82) is 0 Å². The van der Waals surface area contributed by atoms with Crippen LogP contribution in [0.25, 0.3) is 34.0 Å². The van der Waals surface area contributed by atoms with Gasteiger partial charge in [0.05, 0.1) is 9.85 Å². The van der Waals surface area contributed by atoms with Gasteiger partial charge in [0.2, 0.25) is 12.2 Å². The Hall–Kier alpha value is -4.86. The van der Waals surface area contributed by atoms with Crippen LogP contribution in [-0.2, 0) is 6.54 Å². The van der Waals surface area contributed by atoms with Gasteiger partial charge in [0.1, 0.15) is 11.5 Å². The van der Waals surface area contributed by atoms with Gasteiger partial charge in [0.15, 0.2) is 0 Å². The molecule has 0 aliphatic carbocycles. The van der Waals surface area contributed by atoms with E-state index in [-0.39, 0.29) is 11.4 Å². The zero-order valence-electron chi connectivity index (χ0n) is 22.5. The van der Waals surface area contributed by atoms with E-state index >= 15 is 0 Å². The Morgan fingerprint density at radius 2 is 1.14 bits per heavy atom. The molecule has 11 heteroatoms. The van der Waals surface area contributed by atoms with Crippen LogP contribution >= 0.6 is 23.2 Å². The normalized spacial score (nSPS) is 17.4. The van der Waals surface area contributed by atoms with Gasteiger partial charge < -0.3 is 14.0 Å². The molecular weight excluding hydrogens is 593 g/mol. The molecule has 9 nitrogen and oxygen atoms in total. The van der Waals surface area contributed by atoms with Crippen molar-refractivity contribution >= 4 is 57.2 Å². The fourth-order valence-electron chi connectivity index (χ4n) is 5.90. The Balaban J connectivity index is 1.37. The molecule has 0 spiro atoms. The number of ether oxygens (including phenoxy) is 2. The van der Waals surface area contributed by atoms with Crippen LogP contribution in [0.4, 0.5) is 0 Å². The third-order valence-electron chi connectivity index (χ3n) is 7.83. The Bertz CT molecular complexity index is 1940. The van der Waals surface area contributed by atoms with E-state index in [2.05, 4.69) is 4.57 Å². The summed E-state index contributed by atoms with van der Waals surface area (Å²) >= 11 is 12.2. The van der Waals surface area contributed by atoms with Crippen molar-refractivity contribution < 1.29 is 19.3 Å². The highest BCUT2D eigenvalue weighted by molar-refractivity contribution is 6.31. The quantitative estimate of drug-likeness (QED) is 0.145. The maximum absolute atomic E-state index is 12.1. The molecule has 43 heavy (non-hydrogen) atoms. The van der Waals surface area contributed by atoms with Crippen LogP contribution in [0, 0.1) is 20.2 Å². The lowest BCUT2D eigenvalue weighted by atomic mass is 9.97. The van der Waals surface area contributed by atoms with Crippen LogP contribution in [0.1, 0.15) is 41.4 Å². The molecule has 2 aliphatic rings. The molecule has 0 saturated carbocycles. The molecule has 3 heterocycles. The number of benzene rings is 4. The van der Waals surface area contributed by atoms with Gasteiger partial charge in [-0.25, -0.2) is 0 Å². The SMILES string of the molecule is CCn1c2ccc(C3Oc4ccc(Cl)cc4C=C3[N+](=O)[O-])cc2c2cc(C3Oc4ccc(Cl)cc4C=C3[N+](=O)[O-])ccc21. The first-order valence-electron chi connectivity index (χ1n) is 13.4. The molecule has 1 aromatic heterocycles. The smallest absolute Gasteiger partial charge is 0.291 e. The van der Waals surface area contributed by atoms with Crippen molar-refractivity contribution in [1.82, 2.24) is 4.57 Å². The Morgan fingerprint density at radius 3 is 1.53 bits per heavy atom. The highest BCUT2D eigenvalue weighted by atomic mass is 35.5. The van der Waals surface area contributed by atoms with E-state index in [1.807, 2.05) is 43.3 Å². The highest BCUT2D eigenvalue weighted by Gasteiger charge is 2.35. The van der Waals surface area contributed by atoms with Gasteiger partial charge >= 0.3 is 0 Å². The number of aromatic nitrogens is 1. The summed E-state index contributed by atoms with van der Waals surface area (Å²) in [5.74, 6) is 0.988. The molecule has 2 aliphatic heterocycles. The second-order valence-electron chi connectivity index (χ2n) is 10.3. The minimum atomic E-state index is -0.953. The van der Waals surface area contributed by atoms with E-state index in [9.17, 15) is 20.2 Å². The monoisotopic (exact) mass is 613 g/mol. The molecule has 2 atom stereocenters. The molecule has 0 N–H and O–H groups in total. The molecule has 0 amide bonds. The predicted molar refractivity (Wildman–Crippen MR) is 165 cm³/mol. The van der Waals surface area contributed by atoms with E-state index < -0.39 is 22.1 Å². The minimum absolute atomic E-state index is 0.107. The molecule has 4 aromatic carbocycles. The molecule has 0 fully saturated rings. The molecule has 5 aromatic rings. The molecule has 214 valence electrons. The third kappa shape index (κ3) is 4.48. The van der Waals surface area contributed by atoms with Gasteiger partial charge in [-0.1, -0.05) is 35.3 Å². The molecule has 0 radical (unpaired) electrons. The molecule has 7 rings (SSSR count). The van der Waals surface area contributed by atoms with Gasteiger partial charge in [-0.3, -0.25) is 20.2 Å². The summed E-state index contributed by atoms with van der Waals surface area (Å²) in [7, 11) is 0. The summed E-state index contributed by atoms with van der Waals surface area (Å²) < 4.78 is 14.4. The third-order valence-corrected chi connectivity index (χ3v) is 8.30. The Labute approximate surface area is 254 Å². The number of nitrogens with zero attached hydrogens (tertiary/aromatic N) is 3. The topological polar surface area (TPSA) is 110 Å². The summed E-state index contributed by atoms with van der Waals surface area (Å²) in [6.07, 6.45) is 1.07. The number of fused-ring (bicyclic) bond motifs is 5. The van der Waals surface area contributed by atoms with E-state index in [1.54, 1.807) is 36.4 Å². The van der Waals surface area contributed by atoms with Crippen molar-refractivity contribution in [3.8, 4) is 11.5 Å². The standard InChI is InChI=1S/C32H21Cl2N3O6/c1-2-35-25-7-3-17(31-27(36(38)39)15-19-11-21(33)5-9-29(19)42-31)13-23(25)24-14-18(4-8-26(24)35)32-28(37(40)41)16-20-12-22(34)6-10-30(20)43-32/h3-16,31-32H,2H2,1H3. The minimum Gasteiger partial charge on any atom is -0.474 e. The summed E-state index contributed by atoms with van der Waals surface area (Å²) in [4.78, 5) is 23.3. The van der Waals surface area contributed by atoms with Crippen molar-refractivity contribution in [2.24, 2.45) is 0 Å². The number of nitro groups is 2. The fourth-order valence-corrected chi connectivity index (χ4v) is 6.27. The number of hydrogen-bond acceptors (Lipinski definition) is 6. The largest absolute Gasteiger partial charge is 0.474 e. The van der Waals surface area contributed by atoms with Crippen molar-refractivity contribution in [2.75, 3.05) is 0 Å². The molecular formula is C32H21Cl2N3O6. The van der Waals surface area contributed by atoms with Crippen molar-refractivity contribution in [3.63, 3.8) is 0 Å². The summed E-state index contributed by atoms with van der Waals surface area (Å²) in [5.41, 5.74) is 3.90. The van der Waals surface area contributed by atoms with Crippen LogP contribution in [0.15, 0.2) is 84.2 Å². The van der Waals surface area contributed by atoms with Gasteiger partial charge in [-0.15, -0.1) is 0 Å². The van der Waals surface area contributed by atoms with Crippen LogP contribution in [0.3, 0.4) is 0 Å². The van der Waals surface area contributed by atoms with E-state index in [4.69, 9.17) is 32.7 Å². The lowest BCUT2D eigenvalue weighted by molar-refractivity contribution is -0.434. The Kier molecular flexibility index (Phi) is 6.37. The van der Waals surface area contributed by atoms with E-state index in [0.29, 0.717) is 50.3 Å². The maximum Gasteiger partial charge on any atom is 0.291 e.